The molecule has 20 heavy (non-hydrogen) atoms. The van der Waals surface area contributed by atoms with Gasteiger partial charge in [0.25, 0.3) is 5.91 Å². The number of amides is 1. The first-order chi connectivity index (χ1) is 9.65. The largest absolute Gasteiger partial charge is 0.508 e. The summed E-state index contributed by atoms with van der Waals surface area (Å²) >= 11 is 0. The first-order valence-electron chi connectivity index (χ1n) is 7.74. The number of likely N-dealkylation sites (tertiary alicyclic amines) is 1. The Kier molecular flexibility index (Phi) is 3.68. The highest BCUT2D eigenvalue weighted by Crippen LogP contribution is 2.36. The molecule has 1 saturated heterocycles. The molecule has 1 heterocycles. The van der Waals surface area contributed by atoms with Gasteiger partial charge in [0.2, 0.25) is 0 Å². The molecule has 2 aliphatic rings. The van der Waals surface area contributed by atoms with Crippen LogP contribution in [0.3, 0.4) is 0 Å². The Morgan fingerprint density at radius 3 is 2.70 bits per heavy atom. The highest BCUT2D eigenvalue weighted by atomic mass is 16.3. The molecular formula is C17H23NO2. The summed E-state index contributed by atoms with van der Waals surface area (Å²) in [6.45, 7) is 3.70. The maximum Gasteiger partial charge on any atom is 0.254 e. The lowest BCUT2D eigenvalue weighted by Gasteiger charge is -2.41. The molecule has 3 heteroatoms. The molecule has 0 radical (unpaired) electrons. The molecule has 1 saturated carbocycles. The van der Waals surface area contributed by atoms with Crippen molar-refractivity contribution in [3.05, 3.63) is 29.3 Å². The quantitative estimate of drug-likeness (QED) is 0.852. The smallest absolute Gasteiger partial charge is 0.254 e. The maximum absolute atomic E-state index is 12.7. The minimum atomic E-state index is 0.131. The number of carbonyl (C=O) groups excluding carboxylic acids is 1. The summed E-state index contributed by atoms with van der Waals surface area (Å²) in [5.41, 5.74) is 1.60. The normalized spacial score (nSPS) is 26.1. The number of aromatic hydroxyl groups is 1. The Balaban J connectivity index is 1.74. The van der Waals surface area contributed by atoms with E-state index in [0.29, 0.717) is 5.92 Å². The number of aryl methyl sites for hydroxylation is 1. The molecule has 3 rings (SSSR count). The molecule has 1 aliphatic carbocycles. The zero-order valence-electron chi connectivity index (χ0n) is 12.1. The van der Waals surface area contributed by atoms with Gasteiger partial charge >= 0.3 is 0 Å². The van der Waals surface area contributed by atoms with Crippen molar-refractivity contribution >= 4 is 5.91 Å². The Labute approximate surface area is 120 Å². The Bertz CT molecular complexity index is 512. The fourth-order valence-corrected chi connectivity index (χ4v) is 3.84. The Hall–Kier alpha value is -1.51. The number of phenolic OH excluding ortho intramolecular Hbond substituents is 1. The lowest BCUT2D eigenvalue weighted by molar-refractivity contribution is 0.0520. The van der Waals surface area contributed by atoms with Gasteiger partial charge < -0.3 is 10.0 Å². The van der Waals surface area contributed by atoms with Crippen LogP contribution in [0.15, 0.2) is 18.2 Å². The minimum Gasteiger partial charge on any atom is -0.508 e. The molecule has 1 amide bonds. The van der Waals surface area contributed by atoms with E-state index in [1.807, 2.05) is 11.8 Å². The Morgan fingerprint density at radius 1 is 1.20 bits per heavy atom. The van der Waals surface area contributed by atoms with Crippen LogP contribution in [0.2, 0.25) is 0 Å². The molecule has 2 unspecified atom stereocenters. The summed E-state index contributed by atoms with van der Waals surface area (Å²) in [6, 6.07) is 5.02. The number of piperidine rings is 1. The van der Waals surface area contributed by atoms with Crippen LogP contribution < -0.4 is 0 Å². The van der Waals surface area contributed by atoms with Crippen molar-refractivity contribution in [1.29, 1.82) is 0 Å². The number of carbonyl (C=O) groups is 1. The van der Waals surface area contributed by atoms with E-state index in [4.69, 9.17) is 0 Å². The number of fused-ring (bicyclic) bond motifs is 1. The number of hydrogen-bond donors (Lipinski definition) is 1. The van der Waals surface area contributed by atoms with Crippen LogP contribution >= 0.6 is 0 Å². The topological polar surface area (TPSA) is 40.5 Å². The van der Waals surface area contributed by atoms with Crippen LogP contribution in [0.1, 0.15) is 48.0 Å². The van der Waals surface area contributed by atoms with E-state index >= 15 is 0 Å². The van der Waals surface area contributed by atoms with Crippen LogP contribution in [0, 0.1) is 18.8 Å². The van der Waals surface area contributed by atoms with E-state index in [2.05, 4.69) is 0 Å². The number of rotatable bonds is 1. The van der Waals surface area contributed by atoms with Gasteiger partial charge in [0.05, 0.1) is 0 Å². The molecule has 0 spiro atoms. The first-order valence-corrected chi connectivity index (χ1v) is 7.74. The zero-order chi connectivity index (χ0) is 14.1. The molecule has 0 bridgehead atoms. The van der Waals surface area contributed by atoms with Crippen molar-refractivity contribution in [3.63, 3.8) is 0 Å². The lowest BCUT2D eigenvalue weighted by atomic mass is 9.75. The number of nitrogens with zero attached hydrogens (tertiary/aromatic N) is 1. The van der Waals surface area contributed by atoms with E-state index in [1.165, 1.54) is 25.7 Å². The SMILES string of the molecule is Cc1cc(O)ccc1C(=O)N1CCC2CCCCC2C1. The van der Waals surface area contributed by atoms with Crippen molar-refractivity contribution in [2.75, 3.05) is 13.1 Å². The van der Waals surface area contributed by atoms with Crippen LogP contribution in [0.4, 0.5) is 0 Å². The molecule has 108 valence electrons. The summed E-state index contributed by atoms with van der Waals surface area (Å²) in [6.07, 6.45) is 6.48. The third-order valence-electron chi connectivity index (χ3n) is 5.02. The summed E-state index contributed by atoms with van der Waals surface area (Å²) in [5.74, 6) is 1.91. The fraction of sp³-hybridized carbons (Fsp3) is 0.588. The maximum atomic E-state index is 12.7. The first kappa shape index (κ1) is 13.5. The number of hydrogen-bond acceptors (Lipinski definition) is 2. The van der Waals surface area contributed by atoms with E-state index in [-0.39, 0.29) is 11.7 Å². The van der Waals surface area contributed by atoms with Crippen LogP contribution in [0.25, 0.3) is 0 Å². The van der Waals surface area contributed by atoms with Gasteiger partial charge in [-0.25, -0.2) is 0 Å². The average Bonchev–Trinajstić information content (AvgIpc) is 2.46. The Morgan fingerprint density at radius 2 is 1.95 bits per heavy atom. The zero-order valence-corrected chi connectivity index (χ0v) is 12.1. The molecule has 2 fully saturated rings. The van der Waals surface area contributed by atoms with Crippen molar-refractivity contribution < 1.29 is 9.90 Å². The second-order valence-corrected chi connectivity index (χ2v) is 6.34. The van der Waals surface area contributed by atoms with Gasteiger partial charge in [-0.15, -0.1) is 0 Å². The van der Waals surface area contributed by atoms with E-state index in [0.717, 1.165) is 36.6 Å². The highest BCUT2D eigenvalue weighted by molar-refractivity contribution is 5.95. The summed E-state index contributed by atoms with van der Waals surface area (Å²) < 4.78 is 0. The molecule has 2 atom stereocenters. The second-order valence-electron chi connectivity index (χ2n) is 6.34. The highest BCUT2D eigenvalue weighted by Gasteiger charge is 2.33. The molecule has 3 nitrogen and oxygen atoms in total. The minimum absolute atomic E-state index is 0.131. The van der Waals surface area contributed by atoms with E-state index in [9.17, 15) is 9.90 Å². The van der Waals surface area contributed by atoms with E-state index < -0.39 is 0 Å². The van der Waals surface area contributed by atoms with Crippen LogP contribution in [0.5, 0.6) is 5.75 Å². The molecule has 0 aromatic heterocycles. The van der Waals surface area contributed by atoms with E-state index in [1.54, 1.807) is 18.2 Å². The van der Waals surface area contributed by atoms with Crippen molar-refractivity contribution in [2.45, 2.75) is 39.0 Å². The standard InChI is InChI=1S/C17H23NO2/c1-12-10-15(19)6-7-16(12)17(20)18-9-8-13-4-2-3-5-14(13)11-18/h6-7,10,13-14,19H,2-5,8-9,11H2,1H3. The molecule has 1 aromatic rings. The molecular weight excluding hydrogens is 250 g/mol. The third-order valence-corrected chi connectivity index (χ3v) is 5.02. The lowest BCUT2D eigenvalue weighted by Crippen LogP contribution is -2.44. The van der Waals surface area contributed by atoms with Crippen LogP contribution in [-0.4, -0.2) is 29.0 Å². The summed E-state index contributed by atoms with van der Waals surface area (Å²) in [7, 11) is 0. The number of phenols is 1. The fourth-order valence-electron chi connectivity index (χ4n) is 3.84. The predicted molar refractivity (Wildman–Crippen MR) is 78.8 cm³/mol. The van der Waals surface area contributed by atoms with Gasteiger partial charge in [-0.2, -0.15) is 0 Å². The van der Waals surface area contributed by atoms with Gasteiger partial charge in [-0.1, -0.05) is 19.3 Å². The number of benzene rings is 1. The summed E-state index contributed by atoms with van der Waals surface area (Å²) in [4.78, 5) is 14.7. The molecule has 1 N–H and O–H groups in total. The summed E-state index contributed by atoms with van der Waals surface area (Å²) in [5, 5.41) is 9.46. The monoisotopic (exact) mass is 273 g/mol. The van der Waals surface area contributed by atoms with Gasteiger partial charge in [0.15, 0.2) is 0 Å². The van der Waals surface area contributed by atoms with Gasteiger partial charge in [0.1, 0.15) is 5.75 Å². The second kappa shape index (κ2) is 5.47. The van der Waals surface area contributed by atoms with Crippen molar-refractivity contribution in [3.8, 4) is 5.75 Å². The molecule has 1 aliphatic heterocycles. The molecule has 1 aromatic carbocycles. The third kappa shape index (κ3) is 2.54. The van der Waals surface area contributed by atoms with Gasteiger partial charge in [0, 0.05) is 18.7 Å². The van der Waals surface area contributed by atoms with Gasteiger partial charge in [-0.05, 0) is 55.4 Å². The van der Waals surface area contributed by atoms with Gasteiger partial charge in [-0.3, -0.25) is 4.79 Å². The predicted octanol–water partition coefficient (Wildman–Crippen LogP) is 3.35. The average molecular weight is 273 g/mol. The van der Waals surface area contributed by atoms with Crippen molar-refractivity contribution in [2.24, 2.45) is 11.8 Å². The van der Waals surface area contributed by atoms with Crippen molar-refractivity contribution in [1.82, 2.24) is 4.90 Å². The van der Waals surface area contributed by atoms with Crippen LogP contribution in [-0.2, 0) is 0 Å².